The Morgan fingerprint density at radius 2 is 1.77 bits per heavy atom. The molecule has 1 saturated carbocycles. The molecular weight excluding hydrogens is 393 g/mol. The molecule has 1 aromatic heterocycles. The number of rotatable bonds is 4. The second-order valence-corrected chi connectivity index (χ2v) is 10.4. The Labute approximate surface area is 185 Å². The van der Waals surface area contributed by atoms with Crippen LogP contribution >= 0.6 is 0 Å². The number of phenols is 2. The van der Waals surface area contributed by atoms with E-state index in [1.54, 1.807) is 6.07 Å². The maximum atomic E-state index is 10.5. The molecule has 0 radical (unpaired) electrons. The summed E-state index contributed by atoms with van der Waals surface area (Å²) in [6, 6.07) is 1.62. The van der Waals surface area contributed by atoms with E-state index in [1.165, 1.54) is 6.42 Å². The number of furan rings is 1. The molecule has 0 saturated heterocycles. The molecule has 1 heterocycles. The molecule has 1 fully saturated rings. The van der Waals surface area contributed by atoms with Gasteiger partial charge in [0.1, 0.15) is 11.3 Å². The van der Waals surface area contributed by atoms with Crippen LogP contribution < -0.4 is 5.46 Å². The Hall–Kier alpha value is -1.70. The number of aromatic hydroxyl groups is 2. The van der Waals surface area contributed by atoms with Gasteiger partial charge in [0.15, 0.2) is 11.5 Å². The van der Waals surface area contributed by atoms with Crippen LogP contribution in [0.4, 0.5) is 0 Å². The molecule has 2 aromatic rings. The molecule has 4 rings (SSSR count). The first-order valence-corrected chi connectivity index (χ1v) is 11.7. The Morgan fingerprint density at radius 1 is 1.10 bits per heavy atom. The van der Waals surface area contributed by atoms with Crippen molar-refractivity contribution in [1.29, 1.82) is 0 Å². The zero-order valence-electron chi connectivity index (χ0n) is 19.4. The van der Waals surface area contributed by atoms with Crippen LogP contribution in [0.15, 0.2) is 10.5 Å². The molecule has 1 aromatic carbocycles. The van der Waals surface area contributed by atoms with Gasteiger partial charge in [-0.1, -0.05) is 41.0 Å². The standard InChI is InChI=1S/C24H36BNO5/c1-6-26(7-2)15-9-10-17-23(3,4)11-8-12-24(17,5)18-14-13-16(27)20(28)19(25(29)30)21(14)31-22(15)18/h13,15,17,27-30H,6-12H2,1-5H3/t15?,17?,24-/m1/s1. The largest absolute Gasteiger partial charge is 0.504 e. The molecule has 2 unspecified atom stereocenters. The Bertz CT molecular complexity index is 980. The first-order valence-electron chi connectivity index (χ1n) is 11.7. The number of fused-ring (bicyclic) bond motifs is 5. The van der Waals surface area contributed by atoms with E-state index in [0.29, 0.717) is 11.3 Å². The smallest absolute Gasteiger partial charge is 0.496 e. The lowest BCUT2D eigenvalue weighted by atomic mass is 9.53. The minimum absolute atomic E-state index is 0.0728. The van der Waals surface area contributed by atoms with E-state index < -0.39 is 12.9 Å². The number of phenolic OH excluding ortho intramolecular Hbond substituents is 2. The van der Waals surface area contributed by atoms with E-state index in [9.17, 15) is 20.3 Å². The molecule has 2 aliphatic carbocycles. The van der Waals surface area contributed by atoms with E-state index in [2.05, 4.69) is 39.5 Å². The molecule has 2 aliphatic rings. The van der Waals surface area contributed by atoms with Gasteiger partial charge in [0, 0.05) is 10.9 Å². The van der Waals surface area contributed by atoms with Crippen molar-refractivity contribution in [3.8, 4) is 11.5 Å². The van der Waals surface area contributed by atoms with E-state index in [-0.39, 0.29) is 33.7 Å². The molecule has 170 valence electrons. The van der Waals surface area contributed by atoms with Gasteiger partial charge in [0.2, 0.25) is 0 Å². The number of hydrogen-bond acceptors (Lipinski definition) is 6. The second kappa shape index (κ2) is 7.71. The van der Waals surface area contributed by atoms with Gasteiger partial charge in [-0.3, -0.25) is 4.90 Å². The average Bonchev–Trinajstić information content (AvgIpc) is 2.99. The topological polar surface area (TPSA) is 97.3 Å². The predicted octanol–water partition coefficient (Wildman–Crippen LogP) is 3.78. The molecule has 31 heavy (non-hydrogen) atoms. The highest BCUT2D eigenvalue weighted by atomic mass is 16.4. The van der Waals surface area contributed by atoms with Crippen molar-refractivity contribution in [3.63, 3.8) is 0 Å². The van der Waals surface area contributed by atoms with Crippen LogP contribution in [0.25, 0.3) is 11.0 Å². The van der Waals surface area contributed by atoms with Crippen molar-refractivity contribution in [2.45, 2.75) is 78.2 Å². The molecular formula is C24H36BNO5. The third-order valence-electron chi connectivity index (χ3n) is 8.34. The van der Waals surface area contributed by atoms with Crippen molar-refractivity contribution < 1.29 is 24.7 Å². The third kappa shape index (κ3) is 3.28. The van der Waals surface area contributed by atoms with E-state index >= 15 is 0 Å². The first kappa shape index (κ1) is 22.5. The maximum Gasteiger partial charge on any atom is 0.496 e. The normalized spacial score (nSPS) is 27.7. The van der Waals surface area contributed by atoms with Gasteiger partial charge in [0.25, 0.3) is 0 Å². The summed E-state index contributed by atoms with van der Waals surface area (Å²) in [4.78, 5) is 2.39. The van der Waals surface area contributed by atoms with E-state index in [4.69, 9.17) is 4.42 Å². The summed E-state index contributed by atoms with van der Waals surface area (Å²) in [5.41, 5.74) is 1.21. The van der Waals surface area contributed by atoms with Crippen LogP contribution in [-0.2, 0) is 5.41 Å². The summed E-state index contributed by atoms with van der Waals surface area (Å²) in [6.45, 7) is 13.1. The second-order valence-electron chi connectivity index (χ2n) is 10.4. The molecule has 0 amide bonds. The molecule has 0 aliphatic heterocycles. The number of hydrogen-bond donors (Lipinski definition) is 4. The highest BCUT2D eigenvalue weighted by Gasteiger charge is 2.52. The fourth-order valence-electron chi connectivity index (χ4n) is 6.91. The summed E-state index contributed by atoms with van der Waals surface area (Å²) >= 11 is 0. The van der Waals surface area contributed by atoms with Crippen molar-refractivity contribution in [2.75, 3.05) is 13.1 Å². The monoisotopic (exact) mass is 429 g/mol. The van der Waals surface area contributed by atoms with Crippen molar-refractivity contribution in [1.82, 2.24) is 4.90 Å². The summed E-state index contributed by atoms with van der Waals surface area (Å²) in [7, 11) is -1.94. The van der Waals surface area contributed by atoms with Crippen LogP contribution in [0.1, 0.15) is 84.1 Å². The molecule has 7 heteroatoms. The van der Waals surface area contributed by atoms with Crippen LogP contribution in [0.2, 0.25) is 0 Å². The summed E-state index contributed by atoms with van der Waals surface area (Å²) in [5, 5.41) is 41.6. The first-order chi connectivity index (χ1) is 14.6. The molecule has 3 atom stereocenters. The van der Waals surface area contributed by atoms with Crippen LogP contribution in [-0.4, -0.2) is 45.4 Å². The lowest BCUT2D eigenvalue weighted by molar-refractivity contribution is 0.0474. The van der Waals surface area contributed by atoms with E-state index in [0.717, 1.165) is 50.1 Å². The molecule has 4 N–H and O–H groups in total. The SMILES string of the molecule is CCN(CC)C1CCC2C(C)(C)CCC[C@@]2(C)c2c1oc1c(B(O)O)c(O)c(O)cc21. The Morgan fingerprint density at radius 3 is 2.39 bits per heavy atom. The summed E-state index contributed by atoms with van der Waals surface area (Å²) in [5.74, 6) is 0.412. The third-order valence-corrected chi connectivity index (χ3v) is 8.34. The van der Waals surface area contributed by atoms with Crippen molar-refractivity contribution in [3.05, 3.63) is 17.4 Å². The zero-order chi connectivity index (χ0) is 22.7. The van der Waals surface area contributed by atoms with Gasteiger partial charge >= 0.3 is 7.12 Å². The zero-order valence-corrected chi connectivity index (χ0v) is 19.4. The van der Waals surface area contributed by atoms with E-state index in [1.807, 2.05) is 0 Å². The number of benzene rings is 1. The highest BCUT2D eigenvalue weighted by molar-refractivity contribution is 6.63. The lowest BCUT2D eigenvalue weighted by Gasteiger charge is -2.50. The summed E-state index contributed by atoms with van der Waals surface area (Å²) < 4.78 is 6.45. The van der Waals surface area contributed by atoms with Gasteiger partial charge in [-0.2, -0.15) is 0 Å². The van der Waals surface area contributed by atoms with Gasteiger partial charge in [-0.25, -0.2) is 0 Å². The minimum Gasteiger partial charge on any atom is -0.504 e. The predicted molar refractivity (Wildman–Crippen MR) is 123 cm³/mol. The quantitative estimate of drug-likeness (QED) is 0.436. The average molecular weight is 429 g/mol. The van der Waals surface area contributed by atoms with Gasteiger partial charge in [0.05, 0.1) is 11.5 Å². The lowest BCUT2D eigenvalue weighted by Crippen LogP contribution is -2.44. The maximum absolute atomic E-state index is 10.5. The Kier molecular flexibility index (Phi) is 5.60. The Balaban J connectivity index is 2.09. The van der Waals surface area contributed by atoms with Crippen molar-refractivity contribution in [2.24, 2.45) is 11.3 Å². The molecule has 6 nitrogen and oxygen atoms in total. The van der Waals surface area contributed by atoms with Crippen LogP contribution in [0.5, 0.6) is 11.5 Å². The summed E-state index contributed by atoms with van der Waals surface area (Å²) in [6.07, 6.45) is 5.37. The van der Waals surface area contributed by atoms with Crippen LogP contribution in [0, 0.1) is 11.3 Å². The van der Waals surface area contributed by atoms with Gasteiger partial charge in [-0.05, 0) is 61.6 Å². The number of nitrogens with zero attached hydrogens (tertiary/aromatic N) is 1. The minimum atomic E-state index is -1.94. The molecule has 0 spiro atoms. The molecule has 0 bridgehead atoms. The fourth-order valence-corrected chi connectivity index (χ4v) is 6.91. The van der Waals surface area contributed by atoms with Gasteiger partial charge in [-0.15, -0.1) is 0 Å². The highest BCUT2D eigenvalue weighted by Crippen LogP contribution is 2.60. The van der Waals surface area contributed by atoms with Gasteiger partial charge < -0.3 is 24.7 Å². The van der Waals surface area contributed by atoms with Crippen LogP contribution in [0.3, 0.4) is 0 Å². The van der Waals surface area contributed by atoms with Crippen molar-refractivity contribution >= 4 is 23.6 Å². The fraction of sp³-hybridized carbons (Fsp3) is 0.667.